The van der Waals surface area contributed by atoms with Gasteiger partial charge in [0.25, 0.3) is 0 Å². The van der Waals surface area contributed by atoms with Gasteiger partial charge in [-0.15, -0.1) is 24.0 Å². The Morgan fingerprint density at radius 1 is 1.12 bits per heavy atom. The predicted octanol–water partition coefficient (Wildman–Crippen LogP) is 4.18. The lowest BCUT2D eigenvalue weighted by Crippen LogP contribution is -2.40. The average Bonchev–Trinajstić information content (AvgIpc) is 3.30. The number of hydrogen-bond acceptors (Lipinski definition) is 4. The third kappa shape index (κ3) is 8.46. The van der Waals surface area contributed by atoms with Crippen LogP contribution in [0.1, 0.15) is 50.5 Å². The molecule has 1 fully saturated rings. The van der Waals surface area contributed by atoms with Gasteiger partial charge in [-0.2, -0.15) is 0 Å². The van der Waals surface area contributed by atoms with Crippen LogP contribution in [0.15, 0.2) is 52.1 Å². The summed E-state index contributed by atoms with van der Waals surface area (Å²) in [4.78, 5) is 18.5. The molecule has 176 valence electrons. The molecule has 32 heavy (non-hydrogen) atoms. The normalized spacial score (nSPS) is 15.5. The number of likely N-dealkylation sites (tertiary alicyclic amines) is 1. The van der Waals surface area contributed by atoms with Gasteiger partial charge in [-0.05, 0) is 69.1 Å². The highest BCUT2D eigenvalue weighted by atomic mass is 127. The van der Waals surface area contributed by atoms with Gasteiger partial charge in [0.05, 0.1) is 18.8 Å². The van der Waals surface area contributed by atoms with Crippen LogP contribution in [-0.4, -0.2) is 49.5 Å². The number of nitrogens with one attached hydrogen (secondary N) is 3. The smallest absolute Gasteiger partial charge is 0.221 e. The molecule has 1 aliphatic heterocycles. The number of hydrogen-bond donors (Lipinski definition) is 3. The highest BCUT2D eigenvalue weighted by molar-refractivity contribution is 14.0. The Labute approximate surface area is 208 Å². The molecule has 0 aliphatic carbocycles. The van der Waals surface area contributed by atoms with Crippen LogP contribution < -0.4 is 16.0 Å². The van der Waals surface area contributed by atoms with Gasteiger partial charge >= 0.3 is 0 Å². The number of carbonyl (C=O) groups is 1. The van der Waals surface area contributed by atoms with Crippen LogP contribution in [0.4, 0.5) is 5.69 Å². The minimum Gasteiger partial charge on any atom is -0.468 e. The first-order valence-corrected chi connectivity index (χ1v) is 11.3. The number of aliphatic imine (C=N–C) groups is 1. The number of guanidine groups is 1. The monoisotopic (exact) mass is 553 g/mol. The fourth-order valence-electron chi connectivity index (χ4n) is 3.90. The molecule has 0 radical (unpaired) electrons. The van der Waals surface area contributed by atoms with Crippen LogP contribution in [-0.2, 0) is 11.2 Å². The van der Waals surface area contributed by atoms with Crippen molar-refractivity contribution < 1.29 is 9.21 Å². The number of rotatable bonds is 9. The predicted molar refractivity (Wildman–Crippen MR) is 141 cm³/mol. The van der Waals surface area contributed by atoms with Gasteiger partial charge < -0.3 is 20.4 Å². The van der Waals surface area contributed by atoms with Crippen molar-refractivity contribution >= 4 is 41.5 Å². The maximum Gasteiger partial charge on any atom is 0.221 e. The molecule has 1 amide bonds. The highest BCUT2D eigenvalue weighted by Crippen LogP contribution is 2.25. The minimum absolute atomic E-state index is 0. The molecule has 1 unspecified atom stereocenters. The number of halogens is 1. The largest absolute Gasteiger partial charge is 0.468 e. The molecule has 0 bridgehead atoms. The Hall–Kier alpha value is -2.07. The number of anilines is 1. The topological polar surface area (TPSA) is 81.9 Å². The fraction of sp³-hybridized carbons (Fsp3) is 0.500. The van der Waals surface area contributed by atoms with Gasteiger partial charge in [0.1, 0.15) is 5.76 Å². The second-order valence-corrected chi connectivity index (χ2v) is 7.90. The first kappa shape index (κ1) is 26.2. The molecular weight excluding hydrogens is 517 g/mol. The van der Waals surface area contributed by atoms with E-state index in [-0.39, 0.29) is 35.9 Å². The molecular formula is C24H36IN5O2. The van der Waals surface area contributed by atoms with Gasteiger partial charge in [-0.3, -0.25) is 14.7 Å². The van der Waals surface area contributed by atoms with Gasteiger partial charge in [-0.1, -0.05) is 18.6 Å². The van der Waals surface area contributed by atoms with Crippen LogP contribution in [0, 0.1) is 0 Å². The summed E-state index contributed by atoms with van der Waals surface area (Å²) in [5.74, 6) is 1.75. The van der Waals surface area contributed by atoms with E-state index in [0.717, 1.165) is 50.0 Å². The highest BCUT2D eigenvalue weighted by Gasteiger charge is 2.24. The zero-order chi connectivity index (χ0) is 21.9. The van der Waals surface area contributed by atoms with E-state index in [4.69, 9.17) is 9.41 Å². The summed E-state index contributed by atoms with van der Waals surface area (Å²) in [5, 5.41) is 9.58. The third-order valence-corrected chi connectivity index (χ3v) is 5.45. The second-order valence-electron chi connectivity index (χ2n) is 7.90. The Kier molecular flexibility index (Phi) is 11.6. The van der Waals surface area contributed by atoms with Crippen LogP contribution >= 0.6 is 24.0 Å². The molecule has 3 rings (SSSR count). The zero-order valence-electron chi connectivity index (χ0n) is 19.1. The van der Waals surface area contributed by atoms with E-state index in [2.05, 4.69) is 33.8 Å². The molecule has 8 heteroatoms. The zero-order valence-corrected chi connectivity index (χ0v) is 21.4. The lowest BCUT2D eigenvalue weighted by Gasteiger charge is -2.32. The van der Waals surface area contributed by atoms with Crippen molar-refractivity contribution in [2.24, 2.45) is 4.99 Å². The first-order valence-electron chi connectivity index (χ1n) is 11.3. The Bertz CT molecular complexity index is 817. The van der Waals surface area contributed by atoms with Gasteiger partial charge in [0.15, 0.2) is 5.96 Å². The number of nitrogens with zero attached hydrogens (tertiary/aromatic N) is 2. The first-order chi connectivity index (χ1) is 15.2. The van der Waals surface area contributed by atoms with Crippen molar-refractivity contribution in [1.29, 1.82) is 0 Å². The SMILES string of the molecule is CCNC(=NCC(c1ccco1)N1CCCCC1)NCCc1ccc(NC(C)=O)cc1.I. The van der Waals surface area contributed by atoms with E-state index in [1.54, 1.807) is 6.26 Å². The van der Waals surface area contributed by atoms with E-state index >= 15 is 0 Å². The summed E-state index contributed by atoms with van der Waals surface area (Å²) in [6.07, 6.45) is 6.40. The summed E-state index contributed by atoms with van der Waals surface area (Å²) in [6.45, 7) is 8.04. The van der Waals surface area contributed by atoms with E-state index < -0.39 is 0 Å². The van der Waals surface area contributed by atoms with Crippen molar-refractivity contribution in [3.05, 3.63) is 54.0 Å². The molecule has 1 atom stereocenters. The summed E-state index contributed by atoms with van der Waals surface area (Å²) >= 11 is 0. The van der Waals surface area contributed by atoms with E-state index in [1.807, 2.05) is 30.3 Å². The summed E-state index contributed by atoms with van der Waals surface area (Å²) in [6, 6.07) is 12.1. The number of carbonyl (C=O) groups excluding carboxylic acids is 1. The number of furan rings is 1. The number of piperidine rings is 1. The molecule has 1 aromatic carbocycles. The molecule has 0 spiro atoms. The molecule has 2 aromatic rings. The molecule has 1 aliphatic rings. The third-order valence-electron chi connectivity index (χ3n) is 5.45. The lowest BCUT2D eigenvalue weighted by molar-refractivity contribution is -0.114. The van der Waals surface area contributed by atoms with Gasteiger partial charge in [0.2, 0.25) is 5.91 Å². The second kappa shape index (κ2) is 14.2. The molecule has 3 N–H and O–H groups in total. The van der Waals surface area contributed by atoms with E-state index in [1.165, 1.54) is 31.7 Å². The minimum atomic E-state index is -0.0571. The molecule has 1 aromatic heterocycles. The van der Waals surface area contributed by atoms with Crippen LogP contribution in [0.5, 0.6) is 0 Å². The van der Waals surface area contributed by atoms with Crippen molar-refractivity contribution in [2.75, 3.05) is 38.0 Å². The molecule has 0 saturated carbocycles. The van der Waals surface area contributed by atoms with Crippen LogP contribution in [0.3, 0.4) is 0 Å². The summed E-state index contributed by atoms with van der Waals surface area (Å²) in [5.41, 5.74) is 2.03. The lowest BCUT2D eigenvalue weighted by atomic mass is 10.1. The molecule has 7 nitrogen and oxygen atoms in total. The maximum absolute atomic E-state index is 11.1. The molecule has 1 saturated heterocycles. The van der Waals surface area contributed by atoms with Gasteiger partial charge in [0, 0.05) is 25.7 Å². The van der Waals surface area contributed by atoms with E-state index in [0.29, 0.717) is 6.54 Å². The Morgan fingerprint density at radius 2 is 1.88 bits per heavy atom. The van der Waals surface area contributed by atoms with Crippen molar-refractivity contribution in [3.63, 3.8) is 0 Å². The van der Waals surface area contributed by atoms with Crippen molar-refractivity contribution in [2.45, 2.75) is 45.6 Å². The fourth-order valence-corrected chi connectivity index (χ4v) is 3.90. The van der Waals surface area contributed by atoms with Crippen LogP contribution in [0.2, 0.25) is 0 Å². The molecule has 2 heterocycles. The Balaban J connectivity index is 0.00000363. The summed E-state index contributed by atoms with van der Waals surface area (Å²) < 4.78 is 5.74. The standard InChI is InChI=1S/C24H35N5O2.HI/c1-3-25-24(26-14-13-20-9-11-21(12-10-20)28-19(2)30)27-18-22(23-8-7-17-31-23)29-15-5-4-6-16-29;/h7-12,17,22H,3-6,13-16,18H2,1-2H3,(H,28,30)(H2,25,26,27);1H. The summed E-state index contributed by atoms with van der Waals surface area (Å²) in [7, 11) is 0. The van der Waals surface area contributed by atoms with Gasteiger partial charge in [-0.25, -0.2) is 0 Å². The quantitative estimate of drug-likeness (QED) is 0.247. The van der Waals surface area contributed by atoms with Crippen molar-refractivity contribution in [1.82, 2.24) is 15.5 Å². The number of benzene rings is 1. The van der Waals surface area contributed by atoms with Crippen LogP contribution in [0.25, 0.3) is 0 Å². The van der Waals surface area contributed by atoms with E-state index in [9.17, 15) is 4.79 Å². The van der Waals surface area contributed by atoms with Crippen molar-refractivity contribution in [3.8, 4) is 0 Å². The number of amides is 1. The maximum atomic E-state index is 11.1. The Morgan fingerprint density at radius 3 is 2.50 bits per heavy atom. The average molecular weight is 553 g/mol.